The summed E-state index contributed by atoms with van der Waals surface area (Å²) in [6.07, 6.45) is 1.46. The Morgan fingerprint density at radius 3 is 2.63 bits per heavy atom. The van der Waals surface area contributed by atoms with Gasteiger partial charge in [0.05, 0.1) is 11.9 Å². The predicted octanol–water partition coefficient (Wildman–Crippen LogP) is 2.18. The van der Waals surface area contributed by atoms with E-state index in [1.165, 1.54) is 6.20 Å². The summed E-state index contributed by atoms with van der Waals surface area (Å²) in [5.41, 5.74) is 0.403. The van der Waals surface area contributed by atoms with Crippen LogP contribution >= 0.6 is 0 Å². The molecule has 4 nitrogen and oxygen atoms in total. The summed E-state index contributed by atoms with van der Waals surface area (Å²) in [6.45, 7) is 4.40. The molecule has 0 unspecified atom stereocenters. The van der Waals surface area contributed by atoms with E-state index >= 15 is 0 Å². The molecule has 0 aliphatic heterocycles. The quantitative estimate of drug-likeness (QED) is 0.866. The summed E-state index contributed by atoms with van der Waals surface area (Å²) in [7, 11) is 0. The van der Waals surface area contributed by atoms with Gasteiger partial charge in [-0.05, 0) is 12.1 Å². The van der Waals surface area contributed by atoms with Crippen LogP contribution in [0.5, 0.6) is 0 Å². The summed E-state index contributed by atoms with van der Waals surface area (Å²) in [5, 5.41) is 10.6. The van der Waals surface area contributed by atoms with E-state index in [2.05, 4.69) is 15.6 Å². The summed E-state index contributed by atoms with van der Waals surface area (Å²) >= 11 is 0. The highest BCUT2D eigenvalue weighted by Crippen LogP contribution is 2.18. The number of benzene rings is 1. The Labute approximate surface area is 108 Å². The highest BCUT2D eigenvalue weighted by Gasteiger charge is 2.15. The topological polar surface area (TPSA) is 42.7 Å². The molecule has 0 aliphatic carbocycles. The van der Waals surface area contributed by atoms with Crippen molar-refractivity contribution in [3.05, 3.63) is 41.5 Å². The SMILES string of the molecule is CC(C)NCc1cn(-c2ccc(F)c(F)c2F)nn1. The predicted molar refractivity (Wildman–Crippen MR) is 63.2 cm³/mol. The van der Waals surface area contributed by atoms with Gasteiger partial charge < -0.3 is 5.32 Å². The molecule has 0 aliphatic rings. The first-order valence-electron chi connectivity index (χ1n) is 5.77. The second kappa shape index (κ2) is 5.40. The van der Waals surface area contributed by atoms with Gasteiger partial charge in [-0.1, -0.05) is 19.1 Å². The van der Waals surface area contributed by atoms with Crippen LogP contribution in [0.3, 0.4) is 0 Å². The van der Waals surface area contributed by atoms with E-state index < -0.39 is 17.5 Å². The van der Waals surface area contributed by atoms with Crippen LogP contribution in [0.25, 0.3) is 5.69 Å². The zero-order valence-corrected chi connectivity index (χ0v) is 10.5. The van der Waals surface area contributed by atoms with Crippen LogP contribution in [0.1, 0.15) is 19.5 Å². The molecular formula is C12H13F3N4. The lowest BCUT2D eigenvalue weighted by atomic mass is 10.3. The Kier molecular flexibility index (Phi) is 3.84. The Morgan fingerprint density at radius 2 is 1.95 bits per heavy atom. The first-order valence-corrected chi connectivity index (χ1v) is 5.77. The monoisotopic (exact) mass is 270 g/mol. The molecule has 0 amide bonds. The van der Waals surface area contributed by atoms with Crippen LogP contribution in [-0.2, 0) is 6.54 Å². The second-order valence-corrected chi connectivity index (χ2v) is 4.38. The summed E-state index contributed by atoms with van der Waals surface area (Å²) in [6, 6.07) is 2.23. The first-order chi connectivity index (χ1) is 8.99. The van der Waals surface area contributed by atoms with Crippen LogP contribution in [0.15, 0.2) is 18.3 Å². The number of hydrogen-bond donors (Lipinski definition) is 1. The maximum atomic E-state index is 13.6. The Hall–Kier alpha value is -1.89. The van der Waals surface area contributed by atoms with Crippen LogP contribution in [0.2, 0.25) is 0 Å². The molecule has 2 aromatic rings. The van der Waals surface area contributed by atoms with Crippen molar-refractivity contribution < 1.29 is 13.2 Å². The van der Waals surface area contributed by atoms with Crippen molar-refractivity contribution >= 4 is 0 Å². The van der Waals surface area contributed by atoms with Gasteiger partial charge in [0.1, 0.15) is 5.69 Å². The summed E-state index contributed by atoms with van der Waals surface area (Å²) in [5.74, 6) is -4.04. The molecule has 0 radical (unpaired) electrons. The van der Waals surface area contributed by atoms with Gasteiger partial charge in [0, 0.05) is 12.6 Å². The number of nitrogens with one attached hydrogen (secondary N) is 1. The average molecular weight is 270 g/mol. The number of halogens is 3. The minimum absolute atomic E-state index is 0.179. The van der Waals surface area contributed by atoms with E-state index in [-0.39, 0.29) is 11.7 Å². The summed E-state index contributed by atoms with van der Waals surface area (Å²) in [4.78, 5) is 0. The standard InChI is InChI=1S/C12H13F3N4/c1-7(2)16-5-8-6-19(18-17-8)10-4-3-9(13)11(14)12(10)15/h3-4,6-7,16H,5H2,1-2H3. The Morgan fingerprint density at radius 1 is 1.21 bits per heavy atom. The zero-order chi connectivity index (χ0) is 14.0. The van der Waals surface area contributed by atoms with Crippen LogP contribution in [-0.4, -0.2) is 21.0 Å². The van der Waals surface area contributed by atoms with Crippen molar-refractivity contribution in [2.24, 2.45) is 0 Å². The van der Waals surface area contributed by atoms with E-state index in [0.29, 0.717) is 12.2 Å². The number of rotatable bonds is 4. The van der Waals surface area contributed by atoms with E-state index in [9.17, 15) is 13.2 Å². The molecule has 102 valence electrons. The molecule has 0 saturated heterocycles. The van der Waals surface area contributed by atoms with Gasteiger partial charge in [-0.25, -0.2) is 17.9 Å². The fourth-order valence-electron chi connectivity index (χ4n) is 1.50. The molecule has 1 aromatic heterocycles. The third kappa shape index (κ3) is 2.93. The zero-order valence-electron chi connectivity index (χ0n) is 10.5. The van der Waals surface area contributed by atoms with Crippen molar-refractivity contribution in [1.29, 1.82) is 0 Å². The molecule has 0 bridgehead atoms. The van der Waals surface area contributed by atoms with Crippen molar-refractivity contribution in [1.82, 2.24) is 20.3 Å². The fourth-order valence-corrected chi connectivity index (χ4v) is 1.50. The smallest absolute Gasteiger partial charge is 0.196 e. The molecule has 0 atom stereocenters. The Bertz CT molecular complexity index is 580. The molecule has 0 saturated carbocycles. The number of nitrogens with zero attached hydrogens (tertiary/aromatic N) is 3. The second-order valence-electron chi connectivity index (χ2n) is 4.38. The van der Waals surface area contributed by atoms with Crippen molar-refractivity contribution in [2.45, 2.75) is 26.4 Å². The fraction of sp³-hybridized carbons (Fsp3) is 0.333. The number of hydrogen-bond acceptors (Lipinski definition) is 3. The largest absolute Gasteiger partial charge is 0.309 e. The molecule has 0 fully saturated rings. The van der Waals surface area contributed by atoms with E-state index in [4.69, 9.17) is 0 Å². The lowest BCUT2D eigenvalue weighted by Crippen LogP contribution is -2.21. The molecule has 19 heavy (non-hydrogen) atoms. The van der Waals surface area contributed by atoms with Crippen LogP contribution in [0, 0.1) is 17.5 Å². The molecule has 2 rings (SSSR count). The average Bonchev–Trinajstić information content (AvgIpc) is 2.82. The van der Waals surface area contributed by atoms with Crippen molar-refractivity contribution in [3.63, 3.8) is 0 Å². The molecule has 1 aromatic carbocycles. The minimum Gasteiger partial charge on any atom is -0.309 e. The third-order valence-corrected chi connectivity index (χ3v) is 2.49. The van der Waals surface area contributed by atoms with Gasteiger partial charge in [-0.3, -0.25) is 0 Å². The normalized spacial score (nSPS) is 11.3. The molecule has 7 heteroatoms. The maximum absolute atomic E-state index is 13.6. The van der Waals surface area contributed by atoms with Crippen molar-refractivity contribution in [3.8, 4) is 5.69 Å². The first kappa shape index (κ1) is 13.5. The highest BCUT2D eigenvalue weighted by atomic mass is 19.2. The molecule has 0 spiro atoms. The minimum atomic E-state index is -1.52. The van der Waals surface area contributed by atoms with E-state index in [1.807, 2.05) is 13.8 Å². The van der Waals surface area contributed by atoms with Gasteiger partial charge in [-0.2, -0.15) is 0 Å². The molecular weight excluding hydrogens is 257 g/mol. The lowest BCUT2D eigenvalue weighted by Gasteiger charge is -2.04. The maximum Gasteiger partial charge on any atom is 0.196 e. The molecule has 1 heterocycles. The van der Waals surface area contributed by atoms with Gasteiger partial charge in [0.2, 0.25) is 0 Å². The third-order valence-electron chi connectivity index (χ3n) is 2.49. The van der Waals surface area contributed by atoms with Gasteiger partial charge in [-0.15, -0.1) is 5.10 Å². The molecule has 1 N–H and O–H groups in total. The van der Waals surface area contributed by atoms with Gasteiger partial charge in [0.15, 0.2) is 17.5 Å². The van der Waals surface area contributed by atoms with Gasteiger partial charge in [0.25, 0.3) is 0 Å². The highest BCUT2D eigenvalue weighted by molar-refractivity contribution is 5.33. The lowest BCUT2D eigenvalue weighted by molar-refractivity contribution is 0.442. The Balaban J connectivity index is 2.26. The summed E-state index contributed by atoms with van der Waals surface area (Å²) < 4.78 is 40.6. The van der Waals surface area contributed by atoms with Crippen molar-refractivity contribution in [2.75, 3.05) is 0 Å². The van der Waals surface area contributed by atoms with E-state index in [1.54, 1.807) is 0 Å². The van der Waals surface area contributed by atoms with E-state index in [0.717, 1.165) is 16.8 Å². The van der Waals surface area contributed by atoms with Gasteiger partial charge >= 0.3 is 0 Å². The van der Waals surface area contributed by atoms with Crippen LogP contribution in [0.4, 0.5) is 13.2 Å². The van der Waals surface area contributed by atoms with Crippen LogP contribution < -0.4 is 5.32 Å². The number of aromatic nitrogens is 3.